The van der Waals surface area contributed by atoms with E-state index in [9.17, 15) is 9.59 Å². The molecule has 2 aromatic rings. The van der Waals surface area contributed by atoms with Crippen LogP contribution in [-0.4, -0.2) is 26.1 Å². The number of hydrogen-bond acceptors (Lipinski definition) is 4. The Morgan fingerprint density at radius 2 is 1.88 bits per heavy atom. The summed E-state index contributed by atoms with van der Waals surface area (Å²) in [7, 11) is 2.76. The molecule has 26 heavy (non-hydrogen) atoms. The summed E-state index contributed by atoms with van der Waals surface area (Å²) in [5.41, 5.74) is 1.67. The van der Waals surface area contributed by atoms with Gasteiger partial charge < -0.3 is 14.8 Å². The van der Waals surface area contributed by atoms with Crippen LogP contribution >= 0.6 is 23.2 Å². The third-order valence-electron chi connectivity index (χ3n) is 3.51. The number of esters is 1. The monoisotopic (exact) mass is 393 g/mol. The number of methoxy groups -OCH3 is 2. The summed E-state index contributed by atoms with van der Waals surface area (Å²) in [5, 5.41) is 3.76. The molecule has 0 aliphatic rings. The predicted octanol–water partition coefficient (Wildman–Crippen LogP) is 4.12. The summed E-state index contributed by atoms with van der Waals surface area (Å²) in [5.74, 6) is -0.413. The van der Waals surface area contributed by atoms with Crippen molar-refractivity contribution in [2.24, 2.45) is 0 Å². The molecule has 0 heterocycles. The van der Waals surface area contributed by atoms with Crippen LogP contribution in [0.5, 0.6) is 5.75 Å². The lowest BCUT2D eigenvalue weighted by Gasteiger charge is -2.09. The van der Waals surface area contributed by atoms with Crippen LogP contribution in [0.2, 0.25) is 10.0 Å². The molecule has 0 radical (unpaired) electrons. The van der Waals surface area contributed by atoms with Crippen molar-refractivity contribution in [1.29, 1.82) is 0 Å². The minimum atomic E-state index is -0.509. The Labute approximate surface area is 161 Å². The number of carbonyl (C=O) groups is 2. The van der Waals surface area contributed by atoms with Crippen molar-refractivity contribution in [3.8, 4) is 5.75 Å². The lowest BCUT2D eigenvalue weighted by atomic mass is 10.1. The molecule has 0 aliphatic heterocycles. The van der Waals surface area contributed by atoms with Gasteiger partial charge in [0.15, 0.2) is 0 Å². The van der Waals surface area contributed by atoms with Crippen molar-refractivity contribution in [3.05, 3.63) is 69.2 Å². The number of nitrogens with one attached hydrogen (secondary N) is 1. The Morgan fingerprint density at radius 3 is 2.58 bits per heavy atom. The highest BCUT2D eigenvalue weighted by molar-refractivity contribution is 6.34. The Kier molecular flexibility index (Phi) is 7.06. The highest BCUT2D eigenvalue weighted by atomic mass is 35.5. The van der Waals surface area contributed by atoms with Crippen molar-refractivity contribution in [1.82, 2.24) is 5.32 Å². The van der Waals surface area contributed by atoms with E-state index < -0.39 is 5.97 Å². The molecular formula is C19H17Cl2NO4. The lowest BCUT2D eigenvalue weighted by Crippen LogP contribution is -2.20. The molecule has 136 valence electrons. The van der Waals surface area contributed by atoms with Gasteiger partial charge in [0.05, 0.1) is 14.2 Å². The largest absolute Gasteiger partial charge is 0.496 e. The third-order valence-corrected chi connectivity index (χ3v) is 4.09. The Bertz CT molecular complexity index is 849. The molecule has 2 rings (SSSR count). The molecular weight excluding hydrogens is 377 g/mol. The standard InChI is InChI=1S/C19H17Cl2NO4/c1-25-17-7-3-12(9-15(17)19(24)26-2)11-22-18(23)8-4-13-10-14(20)5-6-16(13)21/h3-10H,11H2,1-2H3,(H,22,23)/b8-4+. The zero-order chi connectivity index (χ0) is 19.1. The van der Waals surface area contributed by atoms with Gasteiger partial charge >= 0.3 is 5.97 Å². The van der Waals surface area contributed by atoms with E-state index in [1.54, 1.807) is 42.5 Å². The topological polar surface area (TPSA) is 64.6 Å². The second kappa shape index (κ2) is 9.27. The Hall–Kier alpha value is -2.50. The molecule has 0 aliphatic carbocycles. The molecule has 0 fully saturated rings. The molecule has 0 saturated heterocycles. The summed E-state index contributed by atoms with van der Waals surface area (Å²) in [6.07, 6.45) is 2.94. The summed E-state index contributed by atoms with van der Waals surface area (Å²) < 4.78 is 9.86. The van der Waals surface area contributed by atoms with E-state index in [0.717, 1.165) is 5.56 Å². The van der Waals surface area contributed by atoms with Gasteiger partial charge in [0.2, 0.25) is 5.91 Å². The van der Waals surface area contributed by atoms with Gasteiger partial charge in [-0.3, -0.25) is 4.79 Å². The molecule has 0 spiro atoms. The molecule has 0 unspecified atom stereocenters. The maximum atomic E-state index is 12.0. The van der Waals surface area contributed by atoms with Crippen LogP contribution in [0.25, 0.3) is 6.08 Å². The fourth-order valence-corrected chi connectivity index (χ4v) is 2.55. The number of carbonyl (C=O) groups excluding carboxylic acids is 2. The van der Waals surface area contributed by atoms with Crippen molar-refractivity contribution in [3.63, 3.8) is 0 Å². The average molecular weight is 394 g/mol. The van der Waals surface area contributed by atoms with Gasteiger partial charge in [0.25, 0.3) is 0 Å². The van der Waals surface area contributed by atoms with E-state index in [0.29, 0.717) is 26.9 Å². The summed E-state index contributed by atoms with van der Waals surface area (Å²) in [6.45, 7) is 0.237. The van der Waals surface area contributed by atoms with Gasteiger partial charge in [0, 0.05) is 22.7 Å². The first-order valence-electron chi connectivity index (χ1n) is 7.60. The van der Waals surface area contributed by atoms with Crippen molar-refractivity contribution in [2.45, 2.75) is 6.54 Å². The predicted molar refractivity (Wildman–Crippen MR) is 102 cm³/mol. The molecule has 0 saturated carbocycles. The van der Waals surface area contributed by atoms with Crippen LogP contribution in [0.4, 0.5) is 0 Å². The van der Waals surface area contributed by atoms with Crippen LogP contribution in [0.3, 0.4) is 0 Å². The van der Waals surface area contributed by atoms with Gasteiger partial charge in [-0.15, -0.1) is 0 Å². The zero-order valence-electron chi connectivity index (χ0n) is 14.2. The van der Waals surface area contributed by atoms with E-state index >= 15 is 0 Å². The van der Waals surface area contributed by atoms with Crippen molar-refractivity contribution >= 4 is 41.2 Å². The second-order valence-corrected chi connectivity index (χ2v) is 6.09. The SMILES string of the molecule is COC(=O)c1cc(CNC(=O)/C=C/c2cc(Cl)ccc2Cl)ccc1OC. The van der Waals surface area contributed by atoms with Gasteiger partial charge in [-0.2, -0.15) is 0 Å². The van der Waals surface area contributed by atoms with Crippen LogP contribution in [-0.2, 0) is 16.1 Å². The van der Waals surface area contributed by atoms with Crippen LogP contribution < -0.4 is 10.1 Å². The summed E-state index contributed by atoms with van der Waals surface area (Å²) >= 11 is 12.0. The normalized spacial score (nSPS) is 10.6. The molecule has 1 amide bonds. The van der Waals surface area contributed by atoms with Gasteiger partial charge in [0.1, 0.15) is 11.3 Å². The minimum Gasteiger partial charge on any atom is -0.496 e. The maximum Gasteiger partial charge on any atom is 0.341 e. The first-order chi connectivity index (χ1) is 12.4. The van der Waals surface area contributed by atoms with Gasteiger partial charge in [-0.1, -0.05) is 29.3 Å². The van der Waals surface area contributed by atoms with E-state index in [1.807, 2.05) is 0 Å². The molecule has 2 aromatic carbocycles. The average Bonchev–Trinajstić information content (AvgIpc) is 2.66. The number of hydrogen-bond donors (Lipinski definition) is 1. The van der Waals surface area contributed by atoms with Crippen molar-refractivity contribution in [2.75, 3.05) is 14.2 Å². The van der Waals surface area contributed by atoms with Gasteiger partial charge in [-0.25, -0.2) is 4.79 Å². The lowest BCUT2D eigenvalue weighted by molar-refractivity contribution is -0.116. The van der Waals surface area contributed by atoms with Crippen LogP contribution in [0, 0.1) is 0 Å². The first-order valence-corrected chi connectivity index (χ1v) is 8.36. The molecule has 0 atom stereocenters. The number of halogens is 2. The summed E-state index contributed by atoms with van der Waals surface area (Å²) in [4.78, 5) is 23.8. The fourth-order valence-electron chi connectivity index (χ4n) is 2.19. The number of benzene rings is 2. The zero-order valence-corrected chi connectivity index (χ0v) is 15.7. The first kappa shape index (κ1) is 19.8. The van der Waals surface area contributed by atoms with Crippen LogP contribution in [0.15, 0.2) is 42.5 Å². The molecule has 0 aromatic heterocycles. The number of rotatable bonds is 6. The number of ether oxygens (including phenoxy) is 2. The van der Waals surface area contributed by atoms with E-state index in [-0.39, 0.29) is 12.5 Å². The molecule has 1 N–H and O–H groups in total. The van der Waals surface area contributed by atoms with Crippen molar-refractivity contribution < 1.29 is 19.1 Å². The minimum absolute atomic E-state index is 0.237. The second-order valence-electron chi connectivity index (χ2n) is 5.24. The molecule has 0 bridgehead atoms. The smallest absolute Gasteiger partial charge is 0.341 e. The van der Waals surface area contributed by atoms with E-state index in [1.165, 1.54) is 20.3 Å². The van der Waals surface area contributed by atoms with Gasteiger partial charge in [-0.05, 0) is 47.5 Å². The third kappa shape index (κ3) is 5.25. The maximum absolute atomic E-state index is 12.0. The van der Waals surface area contributed by atoms with Crippen LogP contribution in [0.1, 0.15) is 21.5 Å². The van der Waals surface area contributed by atoms with E-state index in [2.05, 4.69) is 5.32 Å². The fraction of sp³-hybridized carbons (Fsp3) is 0.158. The molecule has 7 heteroatoms. The Morgan fingerprint density at radius 1 is 1.12 bits per heavy atom. The highest BCUT2D eigenvalue weighted by Crippen LogP contribution is 2.22. The van der Waals surface area contributed by atoms with E-state index in [4.69, 9.17) is 32.7 Å². The summed E-state index contributed by atoms with van der Waals surface area (Å²) in [6, 6.07) is 10.0. The number of amides is 1. The highest BCUT2D eigenvalue weighted by Gasteiger charge is 2.13. The quantitative estimate of drug-likeness (QED) is 0.592. The Balaban J connectivity index is 2.04. The molecule has 5 nitrogen and oxygen atoms in total.